The van der Waals surface area contributed by atoms with Crippen molar-refractivity contribution in [2.75, 3.05) is 0 Å². The van der Waals surface area contributed by atoms with Gasteiger partial charge in [0.2, 0.25) is 0 Å². The summed E-state index contributed by atoms with van der Waals surface area (Å²) in [6.45, 7) is 0. The molecule has 10 aromatic rings. The lowest BCUT2D eigenvalue weighted by Gasteiger charge is -2.19. The largest absolute Gasteiger partial charge is 0.456 e. The van der Waals surface area contributed by atoms with Gasteiger partial charge in [-0.3, -0.25) is 0 Å². The van der Waals surface area contributed by atoms with Crippen LogP contribution < -0.4 is 0 Å². The fraction of sp³-hybridized carbons (Fsp3) is 0. The Labute approximate surface area is 307 Å². The van der Waals surface area contributed by atoms with Gasteiger partial charge >= 0.3 is 0 Å². The van der Waals surface area contributed by atoms with E-state index in [1.807, 2.05) is 91.0 Å². The zero-order valence-electron chi connectivity index (χ0n) is 35.3. The molecule has 1 heterocycles. The van der Waals surface area contributed by atoms with Crippen LogP contribution in [0.5, 0.6) is 0 Å². The molecule has 1 heteroatoms. The quantitative estimate of drug-likeness (QED) is 0.168. The number of fused-ring (bicyclic) bond motifs is 5. The van der Waals surface area contributed by atoms with E-state index in [0.29, 0.717) is 11.1 Å². The summed E-state index contributed by atoms with van der Waals surface area (Å²) in [5.41, 5.74) is 6.88. The summed E-state index contributed by atoms with van der Waals surface area (Å²) in [5.74, 6) is 0. The molecule has 1 aromatic heterocycles. The first-order chi connectivity index (χ1) is 28.7. The maximum absolute atomic E-state index is 10.0. The highest BCUT2D eigenvalue weighted by Crippen LogP contribution is 2.48. The molecule has 238 valence electrons. The van der Waals surface area contributed by atoms with Crippen LogP contribution in [0.25, 0.3) is 99.1 Å². The Balaban J connectivity index is 1.32. The van der Waals surface area contributed by atoms with Gasteiger partial charge in [0, 0.05) is 10.8 Å². The van der Waals surface area contributed by atoms with Gasteiger partial charge in [-0.2, -0.15) is 0 Å². The minimum atomic E-state index is -0.556. The number of benzene rings is 9. The average molecular weight is 657 g/mol. The maximum Gasteiger partial charge on any atom is 0.136 e. The molecular weight excluding hydrogens is 617 g/mol. The lowest BCUT2D eigenvalue weighted by Crippen LogP contribution is -1.93. The van der Waals surface area contributed by atoms with Crippen LogP contribution in [0.2, 0.25) is 0 Å². The maximum atomic E-state index is 10.0. The van der Waals surface area contributed by atoms with Crippen LogP contribution in [0.3, 0.4) is 0 Å². The van der Waals surface area contributed by atoms with Crippen molar-refractivity contribution in [1.29, 1.82) is 0 Å². The second-order valence-electron chi connectivity index (χ2n) is 12.6. The van der Waals surface area contributed by atoms with Crippen LogP contribution in [0.15, 0.2) is 198 Å². The molecule has 0 saturated heterocycles. The van der Waals surface area contributed by atoms with E-state index in [-0.39, 0.29) is 40.4 Å². The number of hydrogen-bond acceptors (Lipinski definition) is 1. The molecule has 0 saturated carbocycles. The van der Waals surface area contributed by atoms with E-state index in [0.717, 1.165) is 65.7 Å². The van der Waals surface area contributed by atoms with E-state index in [4.69, 9.17) is 11.3 Å². The monoisotopic (exact) mass is 656 g/mol. The van der Waals surface area contributed by atoms with Crippen molar-refractivity contribution in [1.82, 2.24) is 0 Å². The lowest BCUT2D eigenvalue weighted by molar-refractivity contribution is 0.669. The molecule has 0 bridgehead atoms. The molecule has 10 rings (SSSR count). The van der Waals surface area contributed by atoms with Crippen LogP contribution in [0, 0.1) is 0 Å². The van der Waals surface area contributed by atoms with E-state index in [1.165, 1.54) is 0 Å². The van der Waals surface area contributed by atoms with Crippen molar-refractivity contribution in [3.63, 3.8) is 0 Å². The van der Waals surface area contributed by atoms with Gasteiger partial charge in [-0.15, -0.1) is 0 Å². The summed E-state index contributed by atoms with van der Waals surface area (Å²) < 4.78 is 78.6. The Kier molecular flexibility index (Phi) is 5.21. The minimum absolute atomic E-state index is 0.0504. The lowest BCUT2D eigenvalue weighted by atomic mass is 9.83. The number of rotatable bonds is 5. The third kappa shape index (κ3) is 4.86. The first-order valence-electron chi connectivity index (χ1n) is 20.9. The normalized spacial score (nSPS) is 13.7. The van der Waals surface area contributed by atoms with E-state index >= 15 is 0 Å². The molecule has 9 aromatic carbocycles. The molecule has 0 spiro atoms. The van der Waals surface area contributed by atoms with Gasteiger partial charge in [0.1, 0.15) is 11.2 Å². The van der Waals surface area contributed by atoms with Crippen molar-refractivity contribution in [3.8, 4) is 55.6 Å². The number of furan rings is 1. The third-order valence-corrected chi connectivity index (χ3v) is 9.68. The van der Waals surface area contributed by atoms with Crippen LogP contribution in [-0.2, 0) is 0 Å². The van der Waals surface area contributed by atoms with Gasteiger partial charge in [-0.25, -0.2) is 0 Å². The Hall–Kier alpha value is -6.70. The predicted molar refractivity (Wildman–Crippen MR) is 216 cm³/mol. The second-order valence-corrected chi connectivity index (χ2v) is 12.6. The predicted octanol–water partition coefficient (Wildman–Crippen LogP) is 14.2. The Morgan fingerprint density at radius 1 is 0.353 bits per heavy atom. The van der Waals surface area contributed by atoms with Crippen molar-refractivity contribution in [3.05, 3.63) is 194 Å². The molecule has 0 fully saturated rings. The van der Waals surface area contributed by atoms with E-state index in [9.17, 15) is 4.11 Å². The highest BCUT2D eigenvalue weighted by molar-refractivity contribution is 6.26. The van der Waals surface area contributed by atoms with Crippen molar-refractivity contribution < 1.29 is 15.4 Å². The second kappa shape index (κ2) is 12.0. The summed E-state index contributed by atoms with van der Waals surface area (Å²) in [6, 6.07) is 44.1. The van der Waals surface area contributed by atoms with Crippen LogP contribution >= 0.6 is 0 Å². The van der Waals surface area contributed by atoms with E-state index in [1.54, 1.807) is 24.3 Å². The summed E-state index contributed by atoms with van der Waals surface area (Å²) in [7, 11) is 0. The molecule has 0 atom stereocenters. The highest BCUT2D eigenvalue weighted by atomic mass is 16.3. The van der Waals surface area contributed by atoms with Gasteiger partial charge < -0.3 is 4.42 Å². The van der Waals surface area contributed by atoms with Crippen molar-refractivity contribution in [2.45, 2.75) is 0 Å². The van der Waals surface area contributed by atoms with Gasteiger partial charge in [0.25, 0.3) is 0 Å². The fourth-order valence-electron chi connectivity index (χ4n) is 7.45. The highest BCUT2D eigenvalue weighted by Gasteiger charge is 2.21. The Morgan fingerprint density at radius 3 is 1.67 bits per heavy atom. The molecule has 0 radical (unpaired) electrons. The van der Waals surface area contributed by atoms with E-state index in [2.05, 4.69) is 30.3 Å². The zero-order valence-corrected chi connectivity index (χ0v) is 27.3. The summed E-state index contributed by atoms with van der Waals surface area (Å²) in [4.78, 5) is 0. The standard InChI is InChI=1S/C50H32O/c1-4-15-33(16-5-1)36-28-30-46-45(31-36)50-43(25-14-26-47(50)51-46)49-41-23-12-10-21-39(41)48(40-22-11-13-24-42(40)49)37-27-29-38(34-17-6-2-7-18-34)44(32-37)35-19-8-3-9-20-35/h1-32H/i2D,6D,7D,17D,18D,27D,29D,32D. The summed E-state index contributed by atoms with van der Waals surface area (Å²) in [5, 5.41) is 5.24. The first-order valence-corrected chi connectivity index (χ1v) is 16.9. The smallest absolute Gasteiger partial charge is 0.136 e. The molecule has 0 N–H and O–H groups in total. The molecule has 0 aliphatic heterocycles. The minimum Gasteiger partial charge on any atom is -0.456 e. The average Bonchev–Trinajstić information content (AvgIpc) is 3.65. The molecule has 51 heavy (non-hydrogen) atoms. The molecule has 0 aliphatic rings. The van der Waals surface area contributed by atoms with Gasteiger partial charge in [0.15, 0.2) is 0 Å². The molecule has 0 aliphatic carbocycles. The number of hydrogen-bond donors (Lipinski definition) is 0. The molecular formula is C50H32O. The van der Waals surface area contributed by atoms with Crippen LogP contribution in [0.1, 0.15) is 11.0 Å². The summed E-state index contributed by atoms with van der Waals surface area (Å²) in [6.07, 6.45) is 0. The van der Waals surface area contributed by atoms with Crippen molar-refractivity contribution >= 4 is 43.5 Å². The van der Waals surface area contributed by atoms with E-state index < -0.39 is 30.2 Å². The Bertz CT molecular complexity index is 3270. The molecule has 0 amide bonds. The van der Waals surface area contributed by atoms with Gasteiger partial charge in [-0.1, -0.05) is 170 Å². The fourth-order valence-corrected chi connectivity index (χ4v) is 7.45. The topological polar surface area (TPSA) is 13.1 Å². The van der Waals surface area contributed by atoms with Crippen molar-refractivity contribution in [2.24, 2.45) is 0 Å². The third-order valence-electron chi connectivity index (χ3n) is 9.68. The first kappa shape index (κ1) is 22.1. The Morgan fingerprint density at radius 2 is 0.980 bits per heavy atom. The zero-order chi connectivity index (χ0) is 40.7. The molecule has 0 unspecified atom stereocenters. The van der Waals surface area contributed by atoms with Crippen LogP contribution in [0.4, 0.5) is 0 Å². The molecule has 1 nitrogen and oxygen atoms in total. The van der Waals surface area contributed by atoms with Gasteiger partial charge in [0.05, 0.1) is 11.0 Å². The van der Waals surface area contributed by atoms with Gasteiger partial charge in [-0.05, 0) is 101 Å². The summed E-state index contributed by atoms with van der Waals surface area (Å²) >= 11 is 0. The van der Waals surface area contributed by atoms with Crippen LogP contribution in [-0.4, -0.2) is 0 Å². The SMILES string of the molecule is [2H]c1c([2H])c([2H])c(-c2c([2H])c([2H])c(-c3c4ccccc4c(-c4cccc5oc6ccc(-c7ccccc7)cc6c45)c4ccccc34)c([2H])c2-c2ccccc2)c([2H])c1[2H].